The SMILES string of the molecule is CCCCN1C(=O)/C(=C2/Sc3ccc(OC)cc3N2C)SC1=Nc1ccc(C)cc1. The summed E-state index contributed by atoms with van der Waals surface area (Å²) >= 11 is 3.10. The first kappa shape index (κ1) is 20.9. The number of fused-ring (bicyclic) bond motifs is 1. The third kappa shape index (κ3) is 3.96. The molecule has 7 heteroatoms. The van der Waals surface area contributed by atoms with Crippen molar-refractivity contribution < 1.29 is 9.53 Å². The number of amides is 1. The molecule has 0 unspecified atom stereocenters. The van der Waals surface area contributed by atoms with E-state index in [9.17, 15) is 4.79 Å². The van der Waals surface area contributed by atoms with E-state index < -0.39 is 0 Å². The minimum Gasteiger partial charge on any atom is -0.497 e. The number of nitrogens with zero attached hydrogens (tertiary/aromatic N) is 3. The fourth-order valence-electron chi connectivity index (χ4n) is 3.31. The van der Waals surface area contributed by atoms with Crippen molar-refractivity contribution in [3.05, 3.63) is 58.0 Å². The van der Waals surface area contributed by atoms with E-state index in [0.29, 0.717) is 6.54 Å². The van der Waals surface area contributed by atoms with Gasteiger partial charge < -0.3 is 9.64 Å². The lowest BCUT2D eigenvalue weighted by molar-refractivity contribution is -0.122. The zero-order valence-corrected chi connectivity index (χ0v) is 19.3. The van der Waals surface area contributed by atoms with E-state index in [1.165, 1.54) is 17.3 Å². The number of unbranched alkanes of at least 4 members (excludes halogenated alkanes) is 1. The number of hydrogen-bond acceptors (Lipinski definition) is 6. The van der Waals surface area contributed by atoms with Crippen molar-refractivity contribution >= 4 is 46.0 Å². The Morgan fingerprint density at radius 2 is 1.87 bits per heavy atom. The Morgan fingerprint density at radius 3 is 2.57 bits per heavy atom. The molecule has 1 saturated heterocycles. The largest absolute Gasteiger partial charge is 0.497 e. The zero-order valence-electron chi connectivity index (χ0n) is 17.6. The van der Waals surface area contributed by atoms with Gasteiger partial charge in [-0.2, -0.15) is 0 Å². The first-order valence-electron chi connectivity index (χ1n) is 10.0. The quantitative estimate of drug-likeness (QED) is 0.553. The van der Waals surface area contributed by atoms with Crippen molar-refractivity contribution in [2.24, 2.45) is 4.99 Å². The molecule has 2 aromatic carbocycles. The van der Waals surface area contributed by atoms with Gasteiger partial charge in [-0.25, -0.2) is 4.99 Å². The van der Waals surface area contributed by atoms with Gasteiger partial charge in [0.25, 0.3) is 5.91 Å². The Bertz CT molecular complexity index is 1030. The van der Waals surface area contributed by atoms with Crippen LogP contribution in [0.15, 0.2) is 62.3 Å². The Kier molecular flexibility index (Phi) is 6.11. The van der Waals surface area contributed by atoms with Gasteiger partial charge in [0.2, 0.25) is 0 Å². The van der Waals surface area contributed by atoms with Crippen LogP contribution < -0.4 is 9.64 Å². The number of carbonyl (C=O) groups excluding carboxylic acids is 1. The van der Waals surface area contributed by atoms with E-state index in [1.807, 2.05) is 54.4 Å². The fraction of sp³-hybridized carbons (Fsp3) is 0.304. The predicted octanol–water partition coefficient (Wildman–Crippen LogP) is 5.78. The third-order valence-corrected chi connectivity index (χ3v) is 7.52. The van der Waals surface area contributed by atoms with Crippen LogP contribution in [0, 0.1) is 6.92 Å². The molecule has 0 atom stereocenters. The molecule has 0 spiro atoms. The highest BCUT2D eigenvalue weighted by Gasteiger charge is 2.38. The standard InChI is InChI=1S/C23H25N3O2S2/c1-5-6-13-26-21(27)20(30-23(26)24-16-9-7-15(2)8-10-16)22-25(3)18-14-17(28-4)11-12-19(18)29-22/h7-12,14H,5-6,13H2,1-4H3/b22-20-,24-23?. The highest BCUT2D eigenvalue weighted by Crippen LogP contribution is 2.51. The van der Waals surface area contributed by atoms with Crippen LogP contribution in [0.4, 0.5) is 11.4 Å². The van der Waals surface area contributed by atoms with Crippen LogP contribution in [-0.4, -0.2) is 36.7 Å². The van der Waals surface area contributed by atoms with Crippen LogP contribution in [0.1, 0.15) is 25.3 Å². The third-order valence-electron chi connectivity index (χ3n) is 5.09. The number of benzene rings is 2. The summed E-state index contributed by atoms with van der Waals surface area (Å²) in [4.78, 5) is 24.0. The Hall–Kier alpha value is -2.38. The summed E-state index contributed by atoms with van der Waals surface area (Å²) in [6.45, 7) is 4.87. The van der Waals surface area contributed by atoms with E-state index >= 15 is 0 Å². The minimum atomic E-state index is 0.0356. The average molecular weight is 440 g/mol. The van der Waals surface area contributed by atoms with E-state index in [-0.39, 0.29) is 5.91 Å². The van der Waals surface area contributed by atoms with Crippen molar-refractivity contribution in [3.8, 4) is 5.75 Å². The molecule has 2 aliphatic heterocycles. The number of aryl methyl sites for hydroxylation is 1. The summed E-state index contributed by atoms with van der Waals surface area (Å²) in [6, 6.07) is 14.1. The molecule has 2 aliphatic rings. The lowest BCUT2D eigenvalue weighted by Gasteiger charge is -2.16. The van der Waals surface area contributed by atoms with Gasteiger partial charge in [-0.05, 0) is 49.4 Å². The molecule has 1 amide bonds. The van der Waals surface area contributed by atoms with Crippen molar-refractivity contribution in [3.63, 3.8) is 0 Å². The molecular weight excluding hydrogens is 414 g/mol. The second-order valence-corrected chi connectivity index (χ2v) is 9.28. The first-order valence-corrected chi connectivity index (χ1v) is 11.6. The Morgan fingerprint density at radius 1 is 1.10 bits per heavy atom. The molecule has 0 aromatic heterocycles. The maximum absolute atomic E-state index is 13.4. The van der Waals surface area contributed by atoms with E-state index in [1.54, 1.807) is 18.9 Å². The summed E-state index contributed by atoms with van der Waals surface area (Å²) in [5, 5.41) is 1.70. The predicted molar refractivity (Wildman–Crippen MR) is 127 cm³/mol. The van der Waals surface area contributed by atoms with Gasteiger partial charge in [-0.1, -0.05) is 42.8 Å². The second kappa shape index (κ2) is 8.78. The number of aliphatic imine (C=N–C) groups is 1. The lowest BCUT2D eigenvalue weighted by Crippen LogP contribution is -2.30. The molecule has 2 heterocycles. The van der Waals surface area contributed by atoms with Gasteiger partial charge in [0.05, 0.1) is 23.5 Å². The maximum atomic E-state index is 13.4. The van der Waals surface area contributed by atoms with Crippen molar-refractivity contribution in [1.29, 1.82) is 0 Å². The monoisotopic (exact) mass is 439 g/mol. The molecule has 0 saturated carbocycles. The summed E-state index contributed by atoms with van der Waals surface area (Å²) in [5.41, 5.74) is 3.11. The molecule has 156 valence electrons. The average Bonchev–Trinajstić information content (AvgIpc) is 3.24. The summed E-state index contributed by atoms with van der Waals surface area (Å²) < 4.78 is 5.37. The van der Waals surface area contributed by atoms with E-state index in [2.05, 4.69) is 18.7 Å². The number of thioether (sulfide) groups is 2. The molecule has 0 bridgehead atoms. The summed E-state index contributed by atoms with van der Waals surface area (Å²) in [7, 11) is 3.67. The Labute approximate surface area is 186 Å². The summed E-state index contributed by atoms with van der Waals surface area (Å²) in [6.07, 6.45) is 1.97. The first-order chi connectivity index (χ1) is 14.5. The molecule has 0 radical (unpaired) electrons. The van der Waals surface area contributed by atoms with Crippen LogP contribution in [0.3, 0.4) is 0 Å². The number of amidine groups is 1. The zero-order chi connectivity index (χ0) is 21.3. The molecule has 2 aromatic rings. The molecule has 30 heavy (non-hydrogen) atoms. The van der Waals surface area contributed by atoms with Gasteiger partial charge in [0.1, 0.15) is 10.7 Å². The van der Waals surface area contributed by atoms with Gasteiger partial charge >= 0.3 is 0 Å². The molecule has 0 aliphatic carbocycles. The summed E-state index contributed by atoms with van der Waals surface area (Å²) in [5.74, 6) is 0.845. The van der Waals surface area contributed by atoms with Crippen molar-refractivity contribution in [2.75, 3.05) is 25.6 Å². The van der Waals surface area contributed by atoms with Crippen LogP contribution in [0.2, 0.25) is 0 Å². The van der Waals surface area contributed by atoms with Gasteiger partial charge in [-0.15, -0.1) is 0 Å². The fourth-order valence-corrected chi connectivity index (χ4v) is 5.66. The Balaban J connectivity index is 1.70. The van der Waals surface area contributed by atoms with Gasteiger partial charge in [0, 0.05) is 24.6 Å². The van der Waals surface area contributed by atoms with Crippen LogP contribution in [0.5, 0.6) is 5.75 Å². The smallest absolute Gasteiger partial charge is 0.269 e. The van der Waals surface area contributed by atoms with Gasteiger partial charge in [-0.3, -0.25) is 9.69 Å². The number of anilines is 1. The van der Waals surface area contributed by atoms with E-state index in [0.717, 1.165) is 50.0 Å². The van der Waals surface area contributed by atoms with Crippen molar-refractivity contribution in [2.45, 2.75) is 31.6 Å². The number of carbonyl (C=O) groups is 1. The highest BCUT2D eigenvalue weighted by atomic mass is 32.2. The van der Waals surface area contributed by atoms with Crippen LogP contribution >= 0.6 is 23.5 Å². The minimum absolute atomic E-state index is 0.0356. The number of rotatable bonds is 5. The van der Waals surface area contributed by atoms with Crippen LogP contribution in [0.25, 0.3) is 0 Å². The second-order valence-electron chi connectivity index (χ2n) is 7.27. The molecule has 5 nitrogen and oxygen atoms in total. The van der Waals surface area contributed by atoms with Crippen molar-refractivity contribution in [1.82, 2.24) is 4.90 Å². The molecule has 0 N–H and O–H groups in total. The van der Waals surface area contributed by atoms with Crippen LogP contribution in [-0.2, 0) is 4.79 Å². The van der Waals surface area contributed by atoms with Gasteiger partial charge in [0.15, 0.2) is 5.17 Å². The molecule has 4 rings (SSSR count). The molecule has 1 fully saturated rings. The number of ether oxygens (including phenoxy) is 1. The van der Waals surface area contributed by atoms with E-state index in [4.69, 9.17) is 9.73 Å². The molecular formula is C23H25N3O2S2. The highest BCUT2D eigenvalue weighted by molar-refractivity contribution is 8.19. The normalized spacial score (nSPS) is 19.7. The maximum Gasteiger partial charge on any atom is 0.269 e. The number of hydrogen-bond donors (Lipinski definition) is 0. The number of methoxy groups -OCH3 is 1. The lowest BCUT2D eigenvalue weighted by atomic mass is 10.2. The topological polar surface area (TPSA) is 45.1 Å².